The van der Waals surface area contributed by atoms with Gasteiger partial charge in [0, 0.05) is 11.3 Å². The topological polar surface area (TPSA) is 60.2 Å². The minimum atomic E-state index is -1.29. The molecule has 18 heavy (non-hydrogen) atoms. The normalized spacial score (nSPS) is 11.4. The summed E-state index contributed by atoms with van der Waals surface area (Å²) < 4.78 is 15.9. The summed E-state index contributed by atoms with van der Waals surface area (Å²) in [4.78, 5) is 11.5. The number of hydrogen-bond donors (Lipinski definition) is 0. The minimum Gasteiger partial charge on any atom is -0.376 e. The van der Waals surface area contributed by atoms with Crippen molar-refractivity contribution in [3.8, 4) is 11.3 Å². The van der Waals surface area contributed by atoms with E-state index in [0.717, 1.165) is 11.3 Å². The van der Waals surface area contributed by atoms with Gasteiger partial charge in [-0.25, -0.2) is 0 Å². The maximum Gasteiger partial charge on any atom is 1.00 e. The van der Waals surface area contributed by atoms with Gasteiger partial charge < -0.3 is 9.32 Å². The van der Waals surface area contributed by atoms with Crippen molar-refractivity contribution in [3.63, 3.8) is 0 Å². The molecule has 6 heteroatoms. The van der Waals surface area contributed by atoms with Crippen LogP contribution in [0.2, 0.25) is 0 Å². The van der Waals surface area contributed by atoms with Gasteiger partial charge >= 0.3 is 29.6 Å². The molecule has 1 aromatic carbocycles. The molecule has 0 bridgehead atoms. The molecule has 2 aromatic rings. The molecule has 0 saturated carbocycles. The van der Waals surface area contributed by atoms with E-state index in [1.807, 2.05) is 30.3 Å². The van der Waals surface area contributed by atoms with Gasteiger partial charge in [-0.2, -0.15) is 5.16 Å². The van der Waals surface area contributed by atoms with Crippen LogP contribution in [0.15, 0.2) is 40.9 Å². The van der Waals surface area contributed by atoms with Crippen molar-refractivity contribution in [1.82, 2.24) is 5.16 Å². The quantitative estimate of drug-likeness (QED) is 0.409. The Labute approximate surface area is 129 Å². The average Bonchev–Trinajstić information content (AvgIpc) is 2.78. The van der Waals surface area contributed by atoms with Gasteiger partial charge in [0.15, 0.2) is 0 Å². The zero-order chi connectivity index (χ0) is 12.3. The smallest absolute Gasteiger partial charge is 0.376 e. The van der Waals surface area contributed by atoms with E-state index in [2.05, 4.69) is 5.16 Å². The molecule has 0 radical (unpaired) electrons. The summed E-state index contributed by atoms with van der Waals surface area (Å²) in [6.45, 7) is 0. The van der Waals surface area contributed by atoms with E-state index in [-0.39, 0.29) is 35.3 Å². The first-order valence-electron chi connectivity index (χ1n) is 4.90. The minimum absolute atomic E-state index is 0. The van der Waals surface area contributed by atoms with E-state index < -0.39 is 16.6 Å². The molecule has 0 saturated heterocycles. The van der Waals surface area contributed by atoms with Gasteiger partial charge in [-0.3, -0.25) is 4.21 Å². The van der Waals surface area contributed by atoms with Crippen LogP contribution < -0.4 is 29.6 Å². The number of rotatable bonds is 4. The average molecular weight is 271 g/mol. The number of Topliss-reactive ketones (excluding diaryl/α,β-unsaturated/α-hetero) is 1. The van der Waals surface area contributed by atoms with Crippen LogP contribution >= 0.6 is 0 Å². The first kappa shape index (κ1) is 15.2. The van der Waals surface area contributed by atoms with Gasteiger partial charge in [0.2, 0.25) is 0 Å². The number of carbonyl (C=O) groups is 1. The van der Waals surface area contributed by atoms with Crippen molar-refractivity contribution in [2.45, 2.75) is 0 Å². The van der Waals surface area contributed by atoms with E-state index in [1.54, 1.807) is 6.07 Å². The van der Waals surface area contributed by atoms with E-state index >= 15 is 0 Å². The van der Waals surface area contributed by atoms with Crippen LogP contribution in [0.1, 0.15) is 10.5 Å². The molecular formula is C12H10NNaO3S. The summed E-state index contributed by atoms with van der Waals surface area (Å²) in [6, 6.07) is 10.9. The zero-order valence-electron chi connectivity index (χ0n) is 10.1. The summed E-state index contributed by atoms with van der Waals surface area (Å²) in [5.74, 6) is 1.23. The predicted molar refractivity (Wildman–Crippen MR) is 64.6 cm³/mol. The van der Waals surface area contributed by atoms with Crippen LogP contribution in [0.4, 0.5) is 0 Å². The van der Waals surface area contributed by atoms with Gasteiger partial charge in [0.05, 0.1) is 5.78 Å². The Morgan fingerprint density at radius 3 is 2.61 bits per heavy atom. The summed E-state index contributed by atoms with van der Waals surface area (Å²) in [5, 5.41) is 3.66. The fourth-order valence-corrected chi connectivity index (χ4v) is 1.76. The second kappa shape index (κ2) is 6.89. The van der Waals surface area contributed by atoms with Crippen LogP contribution in [0.3, 0.4) is 0 Å². The van der Waals surface area contributed by atoms with E-state index in [4.69, 9.17) is 4.52 Å². The fraction of sp³-hybridized carbons (Fsp3) is 0.0833. The van der Waals surface area contributed by atoms with Gasteiger partial charge in [-0.05, 0) is 17.1 Å². The monoisotopic (exact) mass is 271 g/mol. The number of carbonyl (C=O) groups excluding carboxylic acids is 1. The predicted octanol–water partition coefficient (Wildman–Crippen LogP) is -0.931. The summed E-state index contributed by atoms with van der Waals surface area (Å²) >= 11 is 0. The Kier molecular flexibility index (Phi) is 5.81. The standard InChI is InChI=1S/C12H10NO3S.Na/c1-17(15)8-11(14)10-7-12(16-13-10)9-5-3-2-4-6-9;/h2-8H,1H3;/q-1;+1. The zero-order valence-corrected chi connectivity index (χ0v) is 12.9. The third-order valence-electron chi connectivity index (χ3n) is 2.09. The molecule has 0 aliphatic carbocycles. The maximum atomic E-state index is 11.5. The van der Waals surface area contributed by atoms with Crippen LogP contribution in [0.25, 0.3) is 11.3 Å². The van der Waals surface area contributed by atoms with Crippen molar-refractivity contribution < 1.29 is 43.1 Å². The number of benzene rings is 1. The third-order valence-corrected chi connectivity index (χ3v) is 2.64. The summed E-state index contributed by atoms with van der Waals surface area (Å²) in [5.41, 5.74) is 1.01. The largest absolute Gasteiger partial charge is 1.00 e. The molecule has 1 aromatic heterocycles. The summed E-state index contributed by atoms with van der Waals surface area (Å²) in [6.07, 6.45) is 1.43. The van der Waals surface area contributed by atoms with Crippen molar-refractivity contribution in [1.29, 1.82) is 0 Å². The van der Waals surface area contributed by atoms with Crippen molar-refractivity contribution in [2.75, 3.05) is 6.26 Å². The molecular weight excluding hydrogens is 261 g/mol. The first-order chi connectivity index (χ1) is 8.16. The number of aromatic nitrogens is 1. The van der Waals surface area contributed by atoms with Crippen molar-refractivity contribution in [3.05, 3.63) is 47.8 Å². The van der Waals surface area contributed by atoms with Crippen molar-refractivity contribution in [2.24, 2.45) is 0 Å². The Morgan fingerprint density at radius 1 is 1.33 bits per heavy atom. The Morgan fingerprint density at radius 2 is 2.00 bits per heavy atom. The maximum absolute atomic E-state index is 11.5. The molecule has 4 nitrogen and oxygen atoms in total. The van der Waals surface area contributed by atoms with Gasteiger partial charge in [0.25, 0.3) is 0 Å². The van der Waals surface area contributed by atoms with Gasteiger partial charge in [-0.1, -0.05) is 42.2 Å². The molecule has 0 amide bonds. The second-order valence-electron chi connectivity index (χ2n) is 3.42. The molecule has 0 N–H and O–H groups in total. The Balaban J connectivity index is 0.00000162. The fourth-order valence-electron chi connectivity index (χ4n) is 1.34. The number of ketones is 1. The van der Waals surface area contributed by atoms with Crippen LogP contribution in [-0.2, 0) is 10.8 Å². The molecule has 0 aliphatic rings. The molecule has 1 unspecified atom stereocenters. The molecule has 1 heterocycles. The first-order valence-corrected chi connectivity index (χ1v) is 6.52. The molecule has 88 valence electrons. The summed E-state index contributed by atoms with van der Waals surface area (Å²) in [7, 11) is -1.29. The molecule has 1 atom stereocenters. The molecule has 0 fully saturated rings. The van der Waals surface area contributed by atoms with E-state index in [0.29, 0.717) is 5.76 Å². The molecule has 0 aliphatic heterocycles. The van der Waals surface area contributed by atoms with Crippen LogP contribution in [-0.4, -0.2) is 21.4 Å². The molecule has 2 rings (SSSR count). The number of hydrogen-bond acceptors (Lipinski definition) is 4. The van der Waals surface area contributed by atoms with E-state index in [9.17, 15) is 9.00 Å². The Hall–Kier alpha value is -0.880. The van der Waals surface area contributed by atoms with E-state index in [1.165, 1.54) is 6.26 Å². The van der Waals surface area contributed by atoms with Crippen LogP contribution in [0.5, 0.6) is 0 Å². The Bertz CT molecular complexity index is 553. The second-order valence-corrected chi connectivity index (χ2v) is 4.66. The van der Waals surface area contributed by atoms with Crippen LogP contribution in [0, 0.1) is 5.75 Å². The third kappa shape index (κ3) is 3.81. The molecule has 0 spiro atoms. The SMILES string of the molecule is CS(=O)[CH-]C(=O)c1cc(-c2ccccc2)on1.[Na+]. The number of nitrogens with zero attached hydrogens (tertiary/aromatic N) is 1. The van der Waals surface area contributed by atoms with Gasteiger partial charge in [0.1, 0.15) is 5.76 Å². The van der Waals surface area contributed by atoms with Crippen molar-refractivity contribution >= 4 is 16.6 Å². The van der Waals surface area contributed by atoms with Gasteiger partial charge in [-0.15, -0.1) is 0 Å².